The molecule has 0 aliphatic carbocycles. The highest BCUT2D eigenvalue weighted by molar-refractivity contribution is 7.99. The minimum absolute atomic E-state index is 0.119. The van der Waals surface area contributed by atoms with Gasteiger partial charge in [-0.15, -0.1) is 11.8 Å². The lowest BCUT2D eigenvalue weighted by molar-refractivity contribution is -0.124. The van der Waals surface area contributed by atoms with Crippen LogP contribution in [0.1, 0.15) is 13.8 Å². The summed E-state index contributed by atoms with van der Waals surface area (Å²) in [6.45, 7) is 3.81. The fourth-order valence-electron chi connectivity index (χ4n) is 1.19. The van der Waals surface area contributed by atoms with Gasteiger partial charge in [-0.1, -0.05) is 19.1 Å². The molecule has 1 atom stereocenters. The second kappa shape index (κ2) is 6.55. The number of hydrogen-bond donors (Lipinski definition) is 1. The summed E-state index contributed by atoms with van der Waals surface area (Å²) in [5, 5.41) is 2.86. The largest absolute Gasteiger partial charge is 0.372 e. The molecule has 0 bridgehead atoms. The van der Waals surface area contributed by atoms with E-state index in [0.717, 1.165) is 16.3 Å². The van der Waals surface area contributed by atoms with Crippen LogP contribution in [-0.4, -0.2) is 24.9 Å². The smallest absolute Gasteiger partial charge is 0.253 e. The van der Waals surface area contributed by atoms with Crippen LogP contribution in [0.4, 0.5) is 5.69 Å². The predicted octanol–water partition coefficient (Wildman–Crippen LogP) is 2.77. The highest BCUT2D eigenvalue weighted by Gasteiger charge is 2.13. The first-order valence-electron chi connectivity index (χ1n) is 5.24. The van der Waals surface area contributed by atoms with Crippen molar-refractivity contribution in [2.24, 2.45) is 0 Å². The number of amides is 1. The lowest BCUT2D eigenvalue weighted by Gasteiger charge is -2.13. The van der Waals surface area contributed by atoms with Crippen LogP contribution >= 0.6 is 11.8 Å². The second-order valence-electron chi connectivity index (χ2n) is 3.30. The van der Waals surface area contributed by atoms with Gasteiger partial charge in [-0.3, -0.25) is 4.79 Å². The van der Waals surface area contributed by atoms with Crippen LogP contribution in [0.25, 0.3) is 0 Å². The predicted molar refractivity (Wildman–Crippen MR) is 67.9 cm³/mol. The van der Waals surface area contributed by atoms with E-state index in [1.54, 1.807) is 18.7 Å². The molecule has 0 aliphatic heterocycles. The summed E-state index contributed by atoms with van der Waals surface area (Å²) in [4.78, 5) is 12.7. The number of hydrogen-bond acceptors (Lipinski definition) is 3. The van der Waals surface area contributed by atoms with Crippen molar-refractivity contribution < 1.29 is 9.53 Å². The normalized spacial score (nSPS) is 12.2. The average molecular weight is 239 g/mol. The van der Waals surface area contributed by atoms with E-state index >= 15 is 0 Å². The number of carbonyl (C=O) groups excluding carboxylic acids is 1. The molecule has 16 heavy (non-hydrogen) atoms. The van der Waals surface area contributed by atoms with E-state index in [1.165, 1.54) is 7.11 Å². The minimum atomic E-state index is -0.431. The third-order valence-corrected chi connectivity index (χ3v) is 3.12. The maximum atomic E-state index is 11.7. The van der Waals surface area contributed by atoms with E-state index in [0.29, 0.717) is 0 Å². The van der Waals surface area contributed by atoms with Gasteiger partial charge in [0.2, 0.25) is 0 Å². The molecule has 1 unspecified atom stereocenters. The first kappa shape index (κ1) is 13.1. The zero-order chi connectivity index (χ0) is 12.0. The van der Waals surface area contributed by atoms with E-state index < -0.39 is 6.10 Å². The highest BCUT2D eigenvalue weighted by Crippen LogP contribution is 2.26. The number of rotatable bonds is 5. The monoisotopic (exact) mass is 239 g/mol. The number of methoxy groups -OCH3 is 1. The van der Waals surface area contributed by atoms with Crippen molar-refractivity contribution in [3.8, 4) is 0 Å². The molecule has 88 valence electrons. The summed E-state index contributed by atoms with van der Waals surface area (Å²) in [7, 11) is 1.52. The molecular weight excluding hydrogens is 222 g/mol. The standard InChI is InChI=1S/C12H17NO2S/c1-4-16-11-8-6-5-7-10(11)13-12(14)9(2)15-3/h5-9H,4H2,1-3H3,(H,13,14). The molecule has 1 aromatic carbocycles. The lowest BCUT2D eigenvalue weighted by Crippen LogP contribution is -2.26. The van der Waals surface area contributed by atoms with Crippen molar-refractivity contribution in [2.45, 2.75) is 24.8 Å². The molecular formula is C12H17NO2S. The summed E-state index contributed by atoms with van der Waals surface area (Å²) in [5.41, 5.74) is 0.850. The average Bonchev–Trinajstić information content (AvgIpc) is 2.31. The molecule has 3 nitrogen and oxygen atoms in total. The van der Waals surface area contributed by atoms with Crippen LogP contribution in [-0.2, 0) is 9.53 Å². The Kier molecular flexibility index (Phi) is 5.35. The van der Waals surface area contributed by atoms with E-state index in [-0.39, 0.29) is 5.91 Å². The van der Waals surface area contributed by atoms with Gasteiger partial charge < -0.3 is 10.1 Å². The van der Waals surface area contributed by atoms with Crippen molar-refractivity contribution >= 4 is 23.4 Å². The van der Waals surface area contributed by atoms with Crippen LogP contribution in [0.3, 0.4) is 0 Å². The van der Waals surface area contributed by atoms with Gasteiger partial charge in [-0.25, -0.2) is 0 Å². The molecule has 0 aliphatic rings. The van der Waals surface area contributed by atoms with Gasteiger partial charge in [0, 0.05) is 12.0 Å². The summed E-state index contributed by atoms with van der Waals surface area (Å²) >= 11 is 1.71. The Bertz CT molecular complexity index is 355. The minimum Gasteiger partial charge on any atom is -0.372 e. The van der Waals surface area contributed by atoms with Crippen LogP contribution in [0, 0.1) is 0 Å². The molecule has 1 amide bonds. The van der Waals surface area contributed by atoms with Gasteiger partial charge in [0.1, 0.15) is 6.10 Å². The number of anilines is 1. The summed E-state index contributed by atoms with van der Waals surface area (Å²) in [6.07, 6.45) is -0.431. The zero-order valence-corrected chi connectivity index (χ0v) is 10.6. The fraction of sp³-hybridized carbons (Fsp3) is 0.417. The third-order valence-electron chi connectivity index (χ3n) is 2.17. The number of para-hydroxylation sites is 1. The van der Waals surface area contributed by atoms with Gasteiger partial charge in [0.15, 0.2) is 0 Å². The first-order valence-corrected chi connectivity index (χ1v) is 6.23. The molecule has 0 fully saturated rings. The molecule has 1 aromatic rings. The molecule has 0 aromatic heterocycles. The van der Waals surface area contributed by atoms with Gasteiger partial charge in [0.25, 0.3) is 5.91 Å². The van der Waals surface area contributed by atoms with Crippen LogP contribution in [0.2, 0.25) is 0 Å². The Labute approximate surface area is 101 Å². The first-order chi connectivity index (χ1) is 7.69. The Hall–Kier alpha value is -1.00. The van der Waals surface area contributed by atoms with E-state index in [1.807, 2.05) is 24.3 Å². The number of nitrogens with one attached hydrogen (secondary N) is 1. The Balaban J connectivity index is 2.76. The van der Waals surface area contributed by atoms with Gasteiger partial charge >= 0.3 is 0 Å². The molecule has 0 radical (unpaired) electrons. The summed E-state index contributed by atoms with van der Waals surface area (Å²) < 4.78 is 4.97. The molecule has 0 heterocycles. The maximum Gasteiger partial charge on any atom is 0.253 e. The molecule has 0 saturated carbocycles. The van der Waals surface area contributed by atoms with Gasteiger partial charge in [0.05, 0.1) is 5.69 Å². The topological polar surface area (TPSA) is 38.3 Å². The van der Waals surface area contributed by atoms with Gasteiger partial charge in [-0.2, -0.15) is 0 Å². The van der Waals surface area contributed by atoms with Gasteiger partial charge in [-0.05, 0) is 24.8 Å². The van der Waals surface area contributed by atoms with Crippen LogP contribution < -0.4 is 5.32 Å². The summed E-state index contributed by atoms with van der Waals surface area (Å²) in [5.74, 6) is 0.860. The summed E-state index contributed by atoms with van der Waals surface area (Å²) in [6, 6.07) is 7.78. The molecule has 0 saturated heterocycles. The third kappa shape index (κ3) is 3.54. The van der Waals surface area contributed by atoms with E-state index in [9.17, 15) is 4.79 Å². The van der Waals surface area contributed by atoms with Crippen LogP contribution in [0.15, 0.2) is 29.2 Å². The lowest BCUT2D eigenvalue weighted by atomic mass is 10.3. The highest BCUT2D eigenvalue weighted by atomic mass is 32.2. The van der Waals surface area contributed by atoms with E-state index in [2.05, 4.69) is 12.2 Å². The molecule has 1 N–H and O–H groups in total. The fourth-order valence-corrected chi connectivity index (χ4v) is 1.95. The van der Waals surface area contributed by atoms with Crippen molar-refractivity contribution in [3.05, 3.63) is 24.3 Å². The zero-order valence-electron chi connectivity index (χ0n) is 9.82. The quantitative estimate of drug-likeness (QED) is 0.803. The number of benzene rings is 1. The Morgan fingerprint density at radius 2 is 2.19 bits per heavy atom. The van der Waals surface area contributed by atoms with E-state index in [4.69, 9.17) is 4.74 Å². The van der Waals surface area contributed by atoms with Crippen molar-refractivity contribution in [3.63, 3.8) is 0 Å². The van der Waals surface area contributed by atoms with Crippen LogP contribution in [0.5, 0.6) is 0 Å². The molecule has 0 spiro atoms. The molecule has 4 heteroatoms. The number of ether oxygens (including phenoxy) is 1. The Morgan fingerprint density at radius 1 is 1.50 bits per heavy atom. The Morgan fingerprint density at radius 3 is 2.81 bits per heavy atom. The van der Waals surface area contributed by atoms with Crippen molar-refractivity contribution in [1.82, 2.24) is 0 Å². The molecule has 1 rings (SSSR count). The number of thioether (sulfide) groups is 1. The second-order valence-corrected chi connectivity index (χ2v) is 4.60. The number of carbonyl (C=O) groups is 1. The SMILES string of the molecule is CCSc1ccccc1NC(=O)C(C)OC. The maximum absolute atomic E-state index is 11.7. The van der Waals surface area contributed by atoms with Crippen molar-refractivity contribution in [2.75, 3.05) is 18.2 Å². The van der Waals surface area contributed by atoms with Crippen molar-refractivity contribution in [1.29, 1.82) is 0 Å².